The normalized spacial score (nSPS) is 16.8. The molecule has 0 radical (unpaired) electrons. The monoisotopic (exact) mass is 302 g/mol. The van der Waals surface area contributed by atoms with E-state index in [1.54, 1.807) is 11.0 Å². The molecule has 1 aromatic heterocycles. The summed E-state index contributed by atoms with van der Waals surface area (Å²) in [5.41, 5.74) is 0. The van der Waals surface area contributed by atoms with Crippen LogP contribution in [0.1, 0.15) is 16.1 Å². The molecule has 2 amide bonds. The summed E-state index contributed by atoms with van der Waals surface area (Å²) in [4.78, 5) is 25.6. The van der Waals surface area contributed by atoms with Gasteiger partial charge in [-0.2, -0.15) is 0 Å². The van der Waals surface area contributed by atoms with Gasteiger partial charge in [-0.1, -0.05) is 0 Å². The molecule has 86 valence electrons. The van der Waals surface area contributed by atoms with Crippen LogP contribution in [0.15, 0.2) is 15.9 Å². The van der Waals surface area contributed by atoms with Crippen LogP contribution in [-0.2, 0) is 4.79 Å². The van der Waals surface area contributed by atoms with Gasteiger partial charge in [0.1, 0.15) is 0 Å². The van der Waals surface area contributed by atoms with Crippen LogP contribution in [0.3, 0.4) is 0 Å². The highest BCUT2D eigenvalue weighted by molar-refractivity contribution is 9.11. The van der Waals surface area contributed by atoms with E-state index in [2.05, 4.69) is 21.2 Å². The number of hydrogen-bond donors (Lipinski definition) is 1. The number of carbonyl (C=O) groups excluding carboxylic acids is 2. The highest BCUT2D eigenvalue weighted by atomic mass is 79.9. The second-order valence-corrected chi connectivity index (χ2v) is 5.96. The predicted molar refractivity (Wildman–Crippen MR) is 65.5 cm³/mol. The number of thiophene rings is 1. The number of nitrogens with one attached hydrogen (secondary N) is 1. The number of carbonyl (C=O) groups is 2. The Bertz CT molecular complexity index is 419. The smallest absolute Gasteiger partial charge is 0.264 e. The molecule has 2 heterocycles. The predicted octanol–water partition coefficient (Wildman–Crippen LogP) is 1.47. The maximum Gasteiger partial charge on any atom is 0.264 e. The minimum absolute atomic E-state index is 0.00667. The fourth-order valence-electron chi connectivity index (χ4n) is 1.56. The zero-order valence-electron chi connectivity index (χ0n) is 8.53. The lowest BCUT2D eigenvalue weighted by Crippen LogP contribution is -2.33. The van der Waals surface area contributed by atoms with Crippen LogP contribution in [0.4, 0.5) is 0 Å². The first-order valence-electron chi connectivity index (χ1n) is 4.98. The first kappa shape index (κ1) is 11.6. The Kier molecular flexibility index (Phi) is 3.60. The average molecular weight is 303 g/mol. The van der Waals surface area contributed by atoms with Crippen LogP contribution in [0.25, 0.3) is 0 Å². The SMILES string of the molecule is O=C1CCN(C(=O)c2ccc(Br)s2)CCN1. The molecular weight excluding hydrogens is 292 g/mol. The number of amides is 2. The molecule has 0 aliphatic carbocycles. The quantitative estimate of drug-likeness (QED) is 0.854. The van der Waals surface area contributed by atoms with Crippen molar-refractivity contribution in [3.8, 4) is 0 Å². The van der Waals surface area contributed by atoms with Crippen molar-refractivity contribution in [2.45, 2.75) is 6.42 Å². The van der Waals surface area contributed by atoms with E-state index in [4.69, 9.17) is 0 Å². The summed E-state index contributed by atoms with van der Waals surface area (Å²) in [5, 5.41) is 2.75. The topological polar surface area (TPSA) is 49.4 Å². The fraction of sp³-hybridized carbons (Fsp3) is 0.400. The molecule has 0 saturated carbocycles. The molecule has 0 bridgehead atoms. The lowest BCUT2D eigenvalue weighted by Gasteiger charge is -2.18. The van der Waals surface area contributed by atoms with Gasteiger partial charge in [0.2, 0.25) is 5.91 Å². The van der Waals surface area contributed by atoms with Crippen LogP contribution in [0.2, 0.25) is 0 Å². The van der Waals surface area contributed by atoms with Gasteiger partial charge in [-0.15, -0.1) is 11.3 Å². The summed E-state index contributed by atoms with van der Waals surface area (Å²) in [6.07, 6.45) is 0.387. The van der Waals surface area contributed by atoms with Crippen molar-refractivity contribution in [3.05, 3.63) is 20.8 Å². The van der Waals surface area contributed by atoms with Gasteiger partial charge >= 0.3 is 0 Å². The van der Waals surface area contributed by atoms with Gasteiger partial charge in [0.15, 0.2) is 0 Å². The highest BCUT2D eigenvalue weighted by Gasteiger charge is 2.20. The third kappa shape index (κ3) is 2.62. The van der Waals surface area contributed by atoms with Gasteiger partial charge in [-0.3, -0.25) is 9.59 Å². The Morgan fingerprint density at radius 3 is 2.94 bits per heavy atom. The second kappa shape index (κ2) is 4.97. The summed E-state index contributed by atoms with van der Waals surface area (Å²) in [6.45, 7) is 1.62. The van der Waals surface area contributed by atoms with Gasteiger partial charge in [0.05, 0.1) is 8.66 Å². The van der Waals surface area contributed by atoms with Crippen molar-refractivity contribution >= 4 is 39.1 Å². The van der Waals surface area contributed by atoms with Crippen LogP contribution in [-0.4, -0.2) is 36.3 Å². The third-order valence-corrected chi connectivity index (χ3v) is 4.00. The lowest BCUT2D eigenvalue weighted by atomic mass is 10.3. The highest BCUT2D eigenvalue weighted by Crippen LogP contribution is 2.23. The van der Waals surface area contributed by atoms with Crippen LogP contribution in [0.5, 0.6) is 0 Å². The van der Waals surface area contributed by atoms with Crippen LogP contribution in [0, 0.1) is 0 Å². The van der Waals surface area contributed by atoms with E-state index in [0.717, 1.165) is 3.79 Å². The van der Waals surface area contributed by atoms with Crippen molar-refractivity contribution in [1.82, 2.24) is 10.2 Å². The minimum Gasteiger partial charge on any atom is -0.354 e. The third-order valence-electron chi connectivity index (χ3n) is 2.38. The van der Waals surface area contributed by atoms with Crippen LogP contribution >= 0.6 is 27.3 Å². The molecule has 1 aromatic rings. The Balaban J connectivity index is 2.06. The molecule has 4 nitrogen and oxygen atoms in total. The summed E-state index contributed by atoms with van der Waals surface area (Å²) in [7, 11) is 0. The van der Waals surface area contributed by atoms with Gasteiger partial charge < -0.3 is 10.2 Å². The standard InChI is InChI=1S/C10H11BrN2O2S/c11-8-2-1-7(16-8)10(15)13-5-3-9(14)12-4-6-13/h1-2H,3-6H2,(H,12,14). The van der Waals surface area contributed by atoms with Crippen molar-refractivity contribution in [2.75, 3.05) is 19.6 Å². The second-order valence-electron chi connectivity index (χ2n) is 3.50. The van der Waals surface area contributed by atoms with Crippen molar-refractivity contribution in [1.29, 1.82) is 0 Å². The zero-order chi connectivity index (χ0) is 11.5. The maximum absolute atomic E-state index is 12.0. The summed E-state index contributed by atoms with van der Waals surface area (Å²) in [5.74, 6) is 0.0230. The van der Waals surface area contributed by atoms with Gasteiger partial charge in [0, 0.05) is 26.1 Å². The number of nitrogens with zero attached hydrogens (tertiary/aromatic N) is 1. The van der Waals surface area contributed by atoms with E-state index in [1.807, 2.05) is 6.07 Å². The molecule has 1 saturated heterocycles. The van der Waals surface area contributed by atoms with Crippen molar-refractivity contribution < 1.29 is 9.59 Å². The van der Waals surface area contributed by atoms with Gasteiger partial charge in [0.25, 0.3) is 5.91 Å². The average Bonchev–Trinajstić information content (AvgIpc) is 2.57. The van der Waals surface area contributed by atoms with E-state index in [9.17, 15) is 9.59 Å². The maximum atomic E-state index is 12.0. The molecule has 16 heavy (non-hydrogen) atoms. The molecule has 0 unspecified atom stereocenters. The first-order chi connectivity index (χ1) is 7.66. The van der Waals surface area contributed by atoms with Gasteiger partial charge in [-0.25, -0.2) is 0 Å². The Hall–Kier alpha value is -0.880. The van der Waals surface area contributed by atoms with Crippen molar-refractivity contribution in [3.63, 3.8) is 0 Å². The molecule has 0 spiro atoms. The summed E-state index contributed by atoms with van der Waals surface area (Å²) < 4.78 is 0.944. The van der Waals surface area contributed by atoms with Gasteiger partial charge in [-0.05, 0) is 28.1 Å². The molecule has 1 aliphatic heterocycles. The Morgan fingerprint density at radius 1 is 1.44 bits per heavy atom. The lowest BCUT2D eigenvalue weighted by molar-refractivity contribution is -0.120. The molecule has 1 fully saturated rings. The van der Waals surface area contributed by atoms with E-state index >= 15 is 0 Å². The molecule has 2 rings (SSSR count). The molecule has 6 heteroatoms. The molecule has 0 atom stereocenters. The summed E-state index contributed by atoms with van der Waals surface area (Å²) >= 11 is 4.75. The fourth-order valence-corrected chi connectivity index (χ4v) is 2.91. The largest absolute Gasteiger partial charge is 0.354 e. The zero-order valence-corrected chi connectivity index (χ0v) is 10.9. The number of hydrogen-bond acceptors (Lipinski definition) is 3. The molecule has 0 aromatic carbocycles. The summed E-state index contributed by atoms with van der Waals surface area (Å²) in [6, 6.07) is 3.66. The Morgan fingerprint density at radius 2 is 2.25 bits per heavy atom. The minimum atomic E-state index is 0.00667. The number of rotatable bonds is 1. The van der Waals surface area contributed by atoms with E-state index in [-0.39, 0.29) is 11.8 Å². The molecule has 1 N–H and O–H groups in total. The first-order valence-corrected chi connectivity index (χ1v) is 6.59. The Labute approximate surface area is 106 Å². The van der Waals surface area contributed by atoms with E-state index in [1.165, 1.54) is 11.3 Å². The number of halogens is 1. The molecular formula is C10H11BrN2O2S. The van der Waals surface area contributed by atoms with Crippen molar-refractivity contribution in [2.24, 2.45) is 0 Å². The van der Waals surface area contributed by atoms with E-state index < -0.39 is 0 Å². The molecule has 1 aliphatic rings. The van der Waals surface area contributed by atoms with E-state index in [0.29, 0.717) is 30.9 Å². The van der Waals surface area contributed by atoms with Crippen LogP contribution < -0.4 is 5.32 Å².